The molecule has 0 saturated heterocycles. The van der Waals surface area contributed by atoms with Crippen molar-refractivity contribution in [1.29, 1.82) is 0 Å². The van der Waals surface area contributed by atoms with Crippen molar-refractivity contribution in [3.05, 3.63) is 0 Å². The van der Waals surface area contributed by atoms with Crippen LogP contribution in [0.4, 0.5) is 0 Å². The molecule has 0 aromatic rings. The SMILES string of the molecule is CC(O)C(=O)[O][AlH2].[Zr]. The summed E-state index contributed by atoms with van der Waals surface area (Å²) < 4.78 is 4.26. The molecule has 0 rings (SSSR count). The van der Waals surface area contributed by atoms with Crippen molar-refractivity contribution in [3.63, 3.8) is 0 Å². The first-order chi connectivity index (χ1) is 3.18. The maximum absolute atomic E-state index is 10.1. The average molecular weight is 209 g/mol. The van der Waals surface area contributed by atoms with Gasteiger partial charge in [0.25, 0.3) is 5.97 Å². The second-order valence-electron chi connectivity index (χ2n) is 1.20. The molecular formula is C3H7AlO3Zr. The van der Waals surface area contributed by atoms with Gasteiger partial charge in [0.2, 0.25) is 0 Å². The Morgan fingerprint density at radius 1 is 1.88 bits per heavy atom. The molecule has 0 saturated carbocycles. The first-order valence-corrected chi connectivity index (χ1v) is 2.76. The summed E-state index contributed by atoms with van der Waals surface area (Å²) >= 11 is 0.361. The first-order valence-electron chi connectivity index (χ1n) is 1.94. The Kier molecular flexibility index (Phi) is 8.67. The second kappa shape index (κ2) is 5.97. The van der Waals surface area contributed by atoms with Crippen LogP contribution in [-0.4, -0.2) is 33.8 Å². The minimum absolute atomic E-state index is 0. The van der Waals surface area contributed by atoms with Crippen LogP contribution in [0.5, 0.6) is 0 Å². The molecule has 0 fully saturated rings. The van der Waals surface area contributed by atoms with E-state index in [0.29, 0.717) is 16.6 Å². The molecule has 0 aliphatic heterocycles. The number of aliphatic hydroxyl groups is 1. The Morgan fingerprint density at radius 3 is 2.25 bits per heavy atom. The largest absolute Gasteiger partial charge is 0.620 e. The normalized spacial score (nSPS) is 11.2. The molecule has 44 valence electrons. The number of hydrogen-bond donors (Lipinski definition) is 1. The Labute approximate surface area is 75.3 Å². The zero-order valence-electron chi connectivity index (χ0n) is 4.84. The van der Waals surface area contributed by atoms with Crippen molar-refractivity contribution >= 4 is 22.6 Å². The van der Waals surface area contributed by atoms with Gasteiger partial charge in [-0.3, -0.25) is 4.79 Å². The van der Waals surface area contributed by atoms with Crippen LogP contribution in [0.2, 0.25) is 0 Å². The van der Waals surface area contributed by atoms with E-state index in [0.717, 1.165) is 0 Å². The van der Waals surface area contributed by atoms with Gasteiger partial charge in [0.05, 0.1) is 0 Å². The third-order valence-electron chi connectivity index (χ3n) is 0.542. The van der Waals surface area contributed by atoms with E-state index >= 15 is 0 Å². The predicted octanol–water partition coefficient (Wildman–Crippen LogP) is -1.54. The monoisotopic (exact) mass is 208 g/mol. The zero-order chi connectivity index (χ0) is 5.86. The van der Waals surface area contributed by atoms with Crippen LogP contribution in [0, 0.1) is 0 Å². The summed E-state index contributed by atoms with van der Waals surface area (Å²) in [5.41, 5.74) is 0. The van der Waals surface area contributed by atoms with Crippen molar-refractivity contribution in [3.8, 4) is 0 Å². The summed E-state index contributed by atoms with van der Waals surface area (Å²) in [6.07, 6.45) is -0.961. The molecule has 1 atom stereocenters. The maximum Gasteiger partial charge on any atom is 0.499 e. The van der Waals surface area contributed by atoms with Gasteiger partial charge in [-0.1, -0.05) is 0 Å². The summed E-state index contributed by atoms with van der Waals surface area (Å²) in [6.45, 7) is 1.38. The summed E-state index contributed by atoms with van der Waals surface area (Å²) in [6, 6.07) is 0. The topological polar surface area (TPSA) is 46.5 Å². The van der Waals surface area contributed by atoms with Crippen molar-refractivity contribution in [1.82, 2.24) is 0 Å². The van der Waals surface area contributed by atoms with Gasteiger partial charge in [0.15, 0.2) is 0 Å². The predicted molar refractivity (Wildman–Crippen MR) is 26.3 cm³/mol. The quantitative estimate of drug-likeness (QED) is 0.532. The van der Waals surface area contributed by atoms with Crippen molar-refractivity contribution in [2.24, 2.45) is 0 Å². The van der Waals surface area contributed by atoms with Gasteiger partial charge in [-0.05, 0) is 6.92 Å². The van der Waals surface area contributed by atoms with Gasteiger partial charge >= 0.3 is 16.6 Å². The first kappa shape index (κ1) is 11.6. The van der Waals surface area contributed by atoms with Gasteiger partial charge < -0.3 is 8.90 Å². The number of rotatable bonds is 1. The van der Waals surface area contributed by atoms with Crippen LogP contribution in [0.1, 0.15) is 6.92 Å². The number of carbonyl (C=O) groups is 1. The van der Waals surface area contributed by atoms with E-state index < -0.39 is 12.1 Å². The Hall–Kier alpha value is 0.846. The number of carbonyl (C=O) groups excluding carboxylic acids is 1. The molecule has 0 bridgehead atoms. The van der Waals surface area contributed by atoms with E-state index in [2.05, 4.69) is 3.79 Å². The van der Waals surface area contributed by atoms with Crippen LogP contribution >= 0.6 is 0 Å². The number of hydrogen-bond acceptors (Lipinski definition) is 3. The third-order valence-corrected chi connectivity index (χ3v) is 0.945. The van der Waals surface area contributed by atoms with Crippen LogP contribution in [0.25, 0.3) is 0 Å². The van der Waals surface area contributed by atoms with E-state index in [1.54, 1.807) is 0 Å². The van der Waals surface area contributed by atoms with Crippen LogP contribution in [-0.2, 0) is 34.8 Å². The molecular weight excluding hydrogens is 202 g/mol. The van der Waals surface area contributed by atoms with Crippen molar-refractivity contribution in [2.45, 2.75) is 13.0 Å². The Morgan fingerprint density at radius 2 is 2.25 bits per heavy atom. The third kappa shape index (κ3) is 4.99. The molecule has 0 aromatic heterocycles. The average Bonchev–Trinajstić information content (AvgIpc) is 1.65. The van der Waals surface area contributed by atoms with E-state index in [9.17, 15) is 4.79 Å². The summed E-state index contributed by atoms with van der Waals surface area (Å²) in [5.74, 6) is -0.535. The minimum Gasteiger partial charge on any atom is -0.620 e. The van der Waals surface area contributed by atoms with Crippen molar-refractivity contribution < 1.29 is 39.9 Å². The number of aliphatic hydroxyl groups excluding tert-OH is 1. The van der Waals surface area contributed by atoms with E-state index in [-0.39, 0.29) is 26.2 Å². The fourth-order valence-electron chi connectivity index (χ4n) is 0.171. The fourth-order valence-corrected chi connectivity index (χ4v) is 0.512. The zero-order valence-corrected chi connectivity index (χ0v) is 9.30. The van der Waals surface area contributed by atoms with Crippen LogP contribution in [0.3, 0.4) is 0 Å². The van der Waals surface area contributed by atoms with Crippen LogP contribution < -0.4 is 0 Å². The molecule has 8 heavy (non-hydrogen) atoms. The van der Waals surface area contributed by atoms with E-state index in [1.165, 1.54) is 6.92 Å². The van der Waals surface area contributed by atoms with E-state index in [4.69, 9.17) is 5.11 Å². The Bertz CT molecular complexity index is 74.9. The molecule has 0 aliphatic carbocycles. The standard InChI is InChI=1S/C3H6O3.Al.Zr.2H/c1-2(4)3(5)6;;;;/h2,4H,1H3,(H,5,6);;;;/q;+1;;;/p-1. The molecule has 0 radical (unpaired) electrons. The molecule has 0 amide bonds. The molecule has 5 heteroatoms. The Balaban J connectivity index is 0. The smallest absolute Gasteiger partial charge is 0.499 e. The van der Waals surface area contributed by atoms with Crippen molar-refractivity contribution in [2.75, 3.05) is 0 Å². The van der Waals surface area contributed by atoms with E-state index in [1.807, 2.05) is 0 Å². The minimum atomic E-state index is -0.961. The van der Waals surface area contributed by atoms with Gasteiger partial charge in [-0.25, -0.2) is 0 Å². The molecule has 1 unspecified atom stereocenters. The summed E-state index contributed by atoms with van der Waals surface area (Å²) in [7, 11) is 0. The van der Waals surface area contributed by atoms with Gasteiger partial charge in [-0.15, -0.1) is 0 Å². The second-order valence-corrected chi connectivity index (χ2v) is 1.61. The fraction of sp³-hybridized carbons (Fsp3) is 0.667. The molecule has 0 heterocycles. The summed E-state index contributed by atoms with van der Waals surface area (Å²) in [4.78, 5) is 10.1. The molecule has 0 spiro atoms. The summed E-state index contributed by atoms with van der Waals surface area (Å²) in [5, 5.41) is 8.37. The van der Waals surface area contributed by atoms with Gasteiger partial charge in [-0.2, -0.15) is 0 Å². The maximum atomic E-state index is 10.1. The van der Waals surface area contributed by atoms with Gasteiger partial charge in [0, 0.05) is 26.2 Å². The molecule has 3 nitrogen and oxygen atoms in total. The molecule has 0 aliphatic rings. The van der Waals surface area contributed by atoms with Gasteiger partial charge in [0.1, 0.15) is 6.10 Å². The molecule has 0 aromatic carbocycles. The van der Waals surface area contributed by atoms with Crippen LogP contribution in [0.15, 0.2) is 0 Å². The molecule has 1 N–H and O–H groups in total.